The lowest BCUT2D eigenvalue weighted by Crippen LogP contribution is -2.53. The van der Waals surface area contributed by atoms with Gasteiger partial charge in [0, 0.05) is 12.6 Å². The average Bonchev–Trinajstić information content (AvgIpc) is 3.00. The van der Waals surface area contributed by atoms with Gasteiger partial charge in [0.1, 0.15) is 18.3 Å². The first-order valence-electron chi connectivity index (χ1n) is 14.5. The Balaban J connectivity index is 1.66. The second-order valence-corrected chi connectivity index (χ2v) is 12.9. The van der Waals surface area contributed by atoms with E-state index in [4.69, 9.17) is 4.74 Å². The van der Waals surface area contributed by atoms with Gasteiger partial charge in [-0.3, -0.25) is 13.9 Å². The van der Waals surface area contributed by atoms with Crippen LogP contribution in [0.25, 0.3) is 0 Å². The van der Waals surface area contributed by atoms with Crippen LogP contribution in [0.2, 0.25) is 0 Å². The van der Waals surface area contributed by atoms with Crippen LogP contribution in [0.15, 0.2) is 77.7 Å². The van der Waals surface area contributed by atoms with Crippen molar-refractivity contribution >= 4 is 27.5 Å². The number of hydrogen-bond acceptors (Lipinski definition) is 5. The van der Waals surface area contributed by atoms with Crippen molar-refractivity contribution in [3.63, 3.8) is 0 Å². The molecule has 0 bridgehead atoms. The fourth-order valence-corrected chi connectivity index (χ4v) is 6.57. The predicted octanol–water partition coefficient (Wildman–Crippen LogP) is 5.37. The lowest BCUT2D eigenvalue weighted by molar-refractivity contribution is -0.139. The molecule has 0 unspecified atom stereocenters. The summed E-state index contributed by atoms with van der Waals surface area (Å²) in [5.41, 5.74) is 3.25. The van der Waals surface area contributed by atoms with Gasteiger partial charge in [-0.25, -0.2) is 8.42 Å². The molecule has 9 heteroatoms. The van der Waals surface area contributed by atoms with Crippen molar-refractivity contribution < 1.29 is 22.7 Å². The molecule has 3 aromatic rings. The average molecular weight is 592 g/mol. The van der Waals surface area contributed by atoms with Gasteiger partial charge < -0.3 is 15.0 Å². The molecule has 8 nitrogen and oxygen atoms in total. The lowest BCUT2D eigenvalue weighted by atomic mass is 9.95. The molecule has 1 atom stereocenters. The minimum Gasteiger partial charge on any atom is -0.497 e. The number of nitrogens with one attached hydrogen (secondary N) is 1. The van der Waals surface area contributed by atoms with Crippen molar-refractivity contribution in [2.45, 2.75) is 76.4 Å². The van der Waals surface area contributed by atoms with Gasteiger partial charge in [-0.05, 0) is 75.6 Å². The third-order valence-corrected chi connectivity index (χ3v) is 9.63. The minimum absolute atomic E-state index is 0.0323. The summed E-state index contributed by atoms with van der Waals surface area (Å²) >= 11 is 0. The van der Waals surface area contributed by atoms with E-state index in [9.17, 15) is 18.0 Å². The van der Waals surface area contributed by atoms with E-state index in [1.54, 1.807) is 43.3 Å². The van der Waals surface area contributed by atoms with Crippen molar-refractivity contribution in [1.82, 2.24) is 10.2 Å². The largest absolute Gasteiger partial charge is 0.497 e. The number of hydrogen-bond donors (Lipinski definition) is 1. The summed E-state index contributed by atoms with van der Waals surface area (Å²) in [6.07, 6.45) is 5.15. The Labute approximate surface area is 249 Å². The third kappa shape index (κ3) is 7.70. The van der Waals surface area contributed by atoms with Gasteiger partial charge in [-0.15, -0.1) is 0 Å². The van der Waals surface area contributed by atoms with Gasteiger partial charge in [0.25, 0.3) is 10.0 Å². The highest BCUT2D eigenvalue weighted by Crippen LogP contribution is 2.26. The molecule has 1 N–H and O–H groups in total. The van der Waals surface area contributed by atoms with Crippen LogP contribution in [-0.2, 0) is 26.2 Å². The zero-order chi connectivity index (χ0) is 30.3. The quantitative estimate of drug-likeness (QED) is 0.323. The summed E-state index contributed by atoms with van der Waals surface area (Å²) < 4.78 is 34.3. The molecule has 0 radical (unpaired) electrons. The molecule has 1 aliphatic rings. The number of carbonyl (C=O) groups is 2. The lowest BCUT2D eigenvalue weighted by Gasteiger charge is -2.33. The molecule has 224 valence electrons. The number of anilines is 1. The maximum absolute atomic E-state index is 14.1. The number of methoxy groups -OCH3 is 1. The Morgan fingerprint density at radius 1 is 0.881 bits per heavy atom. The van der Waals surface area contributed by atoms with Gasteiger partial charge in [-0.2, -0.15) is 0 Å². The topological polar surface area (TPSA) is 96.0 Å². The van der Waals surface area contributed by atoms with Gasteiger partial charge in [0.15, 0.2) is 0 Å². The standard InChI is InChI=1S/C33H41N3O5S/c1-24-10-14-27(15-11-24)22-35(26(3)33(38)34-28-8-6-5-7-9-28)32(37)23-36(29-16-12-25(2)13-17-29)42(39,40)31-20-18-30(41-4)19-21-31/h10-21,26,28H,5-9,22-23H2,1-4H3,(H,34,38)/t26-/m1/s1. The van der Waals surface area contributed by atoms with Gasteiger partial charge >= 0.3 is 0 Å². The summed E-state index contributed by atoms with van der Waals surface area (Å²) in [7, 11) is -2.63. The maximum Gasteiger partial charge on any atom is 0.264 e. The molecule has 4 rings (SSSR count). The highest BCUT2D eigenvalue weighted by atomic mass is 32.2. The molecule has 42 heavy (non-hydrogen) atoms. The van der Waals surface area contributed by atoms with E-state index >= 15 is 0 Å². The summed E-state index contributed by atoms with van der Waals surface area (Å²) in [5.74, 6) is -0.184. The molecule has 0 saturated heterocycles. The predicted molar refractivity (Wildman–Crippen MR) is 165 cm³/mol. The number of rotatable bonds is 11. The molecule has 0 aliphatic heterocycles. The van der Waals surface area contributed by atoms with E-state index in [0.29, 0.717) is 11.4 Å². The minimum atomic E-state index is -4.14. The monoisotopic (exact) mass is 591 g/mol. The maximum atomic E-state index is 14.1. The van der Waals surface area contributed by atoms with E-state index in [0.717, 1.165) is 53.1 Å². The highest BCUT2D eigenvalue weighted by Gasteiger charge is 2.33. The van der Waals surface area contributed by atoms with Crippen LogP contribution in [0.1, 0.15) is 55.7 Å². The van der Waals surface area contributed by atoms with Crippen molar-refractivity contribution in [2.24, 2.45) is 0 Å². The smallest absolute Gasteiger partial charge is 0.264 e. The van der Waals surface area contributed by atoms with Crippen molar-refractivity contribution in [2.75, 3.05) is 18.0 Å². The number of carbonyl (C=O) groups excluding carboxylic acids is 2. The number of nitrogens with zero attached hydrogens (tertiary/aromatic N) is 2. The van der Waals surface area contributed by atoms with E-state index in [1.165, 1.54) is 24.1 Å². The van der Waals surface area contributed by atoms with Crippen LogP contribution in [-0.4, -0.2) is 50.9 Å². The first-order valence-corrected chi connectivity index (χ1v) is 15.9. The van der Waals surface area contributed by atoms with Crippen LogP contribution >= 0.6 is 0 Å². The van der Waals surface area contributed by atoms with Crippen LogP contribution in [0, 0.1) is 13.8 Å². The van der Waals surface area contributed by atoms with Gasteiger partial charge in [0.05, 0.1) is 17.7 Å². The van der Waals surface area contributed by atoms with Gasteiger partial charge in [0.2, 0.25) is 11.8 Å². The molecule has 1 aliphatic carbocycles. The normalized spacial score (nSPS) is 14.6. The van der Waals surface area contributed by atoms with Crippen LogP contribution < -0.4 is 14.4 Å². The molecule has 0 heterocycles. The molecule has 1 saturated carbocycles. The number of amides is 2. The Bertz CT molecular complexity index is 1450. The fraction of sp³-hybridized carbons (Fsp3) is 0.394. The second kappa shape index (κ2) is 13.9. The Kier molecular flexibility index (Phi) is 10.3. The fourth-order valence-electron chi connectivity index (χ4n) is 5.16. The van der Waals surface area contributed by atoms with Crippen LogP contribution in [0.3, 0.4) is 0 Å². The van der Waals surface area contributed by atoms with Crippen molar-refractivity contribution in [3.05, 3.63) is 89.5 Å². The van der Waals surface area contributed by atoms with E-state index in [2.05, 4.69) is 5.32 Å². The van der Waals surface area contributed by atoms with E-state index < -0.39 is 28.5 Å². The Morgan fingerprint density at radius 3 is 2.02 bits per heavy atom. The summed E-state index contributed by atoms with van der Waals surface area (Å²) in [6.45, 7) is 5.30. The second-order valence-electron chi connectivity index (χ2n) is 11.0. The first kappa shape index (κ1) is 31.1. The SMILES string of the molecule is COc1ccc(S(=O)(=O)N(CC(=O)N(Cc2ccc(C)cc2)[C@H](C)C(=O)NC2CCCCC2)c2ccc(C)cc2)cc1. The zero-order valence-electron chi connectivity index (χ0n) is 24.9. The molecule has 2 amide bonds. The Hall–Kier alpha value is -3.85. The van der Waals surface area contributed by atoms with Crippen LogP contribution in [0.5, 0.6) is 5.75 Å². The number of sulfonamides is 1. The molecule has 1 fully saturated rings. The van der Waals surface area contributed by atoms with E-state index in [-0.39, 0.29) is 23.4 Å². The number of aryl methyl sites for hydroxylation is 2. The van der Waals surface area contributed by atoms with E-state index in [1.807, 2.05) is 38.1 Å². The summed E-state index contributed by atoms with van der Waals surface area (Å²) in [4.78, 5) is 29.0. The number of ether oxygens (including phenoxy) is 1. The molecule has 0 spiro atoms. The third-order valence-electron chi connectivity index (χ3n) is 7.84. The summed E-state index contributed by atoms with van der Waals surface area (Å²) in [6, 6.07) is 20.1. The van der Waals surface area contributed by atoms with Gasteiger partial charge in [-0.1, -0.05) is 66.8 Å². The molecule has 3 aromatic carbocycles. The highest BCUT2D eigenvalue weighted by molar-refractivity contribution is 7.92. The van der Waals surface area contributed by atoms with Crippen LogP contribution in [0.4, 0.5) is 5.69 Å². The molecular weight excluding hydrogens is 550 g/mol. The first-order chi connectivity index (χ1) is 20.1. The number of benzene rings is 3. The van der Waals surface area contributed by atoms with Crippen molar-refractivity contribution in [1.29, 1.82) is 0 Å². The summed E-state index contributed by atoms with van der Waals surface area (Å²) in [5, 5.41) is 3.13. The molecular formula is C33H41N3O5S. The Morgan fingerprint density at radius 2 is 1.45 bits per heavy atom. The zero-order valence-corrected chi connectivity index (χ0v) is 25.7. The van der Waals surface area contributed by atoms with Crippen molar-refractivity contribution in [3.8, 4) is 5.75 Å². The molecule has 0 aromatic heterocycles.